The molecule has 2 aromatic heterocycles. The lowest BCUT2D eigenvalue weighted by atomic mass is 10.1. The summed E-state index contributed by atoms with van der Waals surface area (Å²) in [7, 11) is 0. The van der Waals surface area contributed by atoms with Crippen molar-refractivity contribution >= 4 is 27.5 Å². The van der Waals surface area contributed by atoms with Gasteiger partial charge in [0.2, 0.25) is 11.8 Å². The van der Waals surface area contributed by atoms with Crippen molar-refractivity contribution < 1.29 is 13.9 Å². The molecular weight excluding hydrogens is 453 g/mol. The molecule has 0 saturated heterocycles. The molecule has 7 nitrogen and oxygen atoms in total. The van der Waals surface area contributed by atoms with Crippen molar-refractivity contribution in [1.82, 2.24) is 25.1 Å². The van der Waals surface area contributed by atoms with Crippen LogP contribution in [-0.2, 0) is 11.2 Å². The number of rotatable bonds is 7. The van der Waals surface area contributed by atoms with Crippen molar-refractivity contribution in [1.29, 1.82) is 0 Å². The molecular formula is C21H17BrFN5O2. The molecule has 0 saturated carbocycles. The van der Waals surface area contributed by atoms with Crippen LogP contribution in [0.4, 0.5) is 4.39 Å². The standard InChI is InChI=1S/C21H17BrFN5O2/c22-16-5-1-14(2-6-16)13-19(29)24-11-12-30-20-10-9-18-25-26-21(28(18)27-20)15-3-7-17(23)8-4-15/h1-10H,11-13H2,(H,24,29). The lowest BCUT2D eigenvalue weighted by Gasteiger charge is -2.08. The summed E-state index contributed by atoms with van der Waals surface area (Å²) in [6.45, 7) is 0.612. The Labute approximate surface area is 180 Å². The van der Waals surface area contributed by atoms with Crippen LogP contribution in [0.25, 0.3) is 17.0 Å². The number of amides is 1. The fourth-order valence-corrected chi connectivity index (χ4v) is 3.09. The third-order valence-corrected chi connectivity index (χ3v) is 4.82. The van der Waals surface area contributed by atoms with Crippen molar-refractivity contribution in [3.05, 3.63) is 76.5 Å². The number of halogens is 2. The summed E-state index contributed by atoms with van der Waals surface area (Å²) in [6, 6.07) is 17.0. The van der Waals surface area contributed by atoms with E-state index in [2.05, 4.69) is 36.5 Å². The number of aromatic nitrogens is 4. The number of hydrogen-bond acceptors (Lipinski definition) is 5. The van der Waals surface area contributed by atoms with Gasteiger partial charge in [0.15, 0.2) is 11.5 Å². The van der Waals surface area contributed by atoms with Crippen LogP contribution in [-0.4, -0.2) is 38.9 Å². The number of carbonyl (C=O) groups is 1. The lowest BCUT2D eigenvalue weighted by molar-refractivity contribution is -0.120. The van der Waals surface area contributed by atoms with Gasteiger partial charge in [0.25, 0.3) is 0 Å². The van der Waals surface area contributed by atoms with Gasteiger partial charge in [-0.25, -0.2) is 4.39 Å². The lowest BCUT2D eigenvalue weighted by Crippen LogP contribution is -2.29. The first-order valence-corrected chi connectivity index (χ1v) is 10.00. The molecule has 0 fully saturated rings. The number of carbonyl (C=O) groups excluding carboxylic acids is 1. The van der Waals surface area contributed by atoms with E-state index in [0.717, 1.165) is 10.0 Å². The van der Waals surface area contributed by atoms with E-state index in [0.29, 0.717) is 35.9 Å². The van der Waals surface area contributed by atoms with E-state index in [1.807, 2.05) is 24.3 Å². The quantitative estimate of drug-likeness (QED) is 0.419. The Bertz CT molecular complexity index is 1160. The largest absolute Gasteiger partial charge is 0.475 e. The van der Waals surface area contributed by atoms with Gasteiger partial charge >= 0.3 is 0 Å². The van der Waals surface area contributed by atoms with E-state index in [1.165, 1.54) is 16.6 Å². The van der Waals surface area contributed by atoms with Crippen LogP contribution in [0.2, 0.25) is 0 Å². The third-order valence-electron chi connectivity index (χ3n) is 4.29. The number of nitrogens with zero attached hydrogens (tertiary/aromatic N) is 4. The van der Waals surface area contributed by atoms with Crippen molar-refractivity contribution in [2.75, 3.05) is 13.2 Å². The molecule has 30 heavy (non-hydrogen) atoms. The zero-order chi connectivity index (χ0) is 20.9. The number of hydrogen-bond donors (Lipinski definition) is 1. The van der Waals surface area contributed by atoms with Gasteiger partial charge in [-0.3, -0.25) is 4.79 Å². The van der Waals surface area contributed by atoms with Crippen LogP contribution in [0, 0.1) is 5.82 Å². The van der Waals surface area contributed by atoms with E-state index in [4.69, 9.17) is 4.74 Å². The maximum atomic E-state index is 13.2. The molecule has 0 radical (unpaired) electrons. The van der Waals surface area contributed by atoms with Crippen LogP contribution in [0.1, 0.15) is 5.56 Å². The summed E-state index contributed by atoms with van der Waals surface area (Å²) in [5, 5.41) is 15.4. The maximum absolute atomic E-state index is 13.2. The molecule has 1 amide bonds. The fraction of sp³-hybridized carbons (Fsp3) is 0.143. The van der Waals surface area contributed by atoms with Crippen LogP contribution >= 0.6 is 15.9 Å². The molecule has 0 aliphatic rings. The highest BCUT2D eigenvalue weighted by atomic mass is 79.9. The van der Waals surface area contributed by atoms with Crippen LogP contribution in [0.5, 0.6) is 5.88 Å². The minimum absolute atomic E-state index is 0.0817. The van der Waals surface area contributed by atoms with Gasteiger partial charge in [0, 0.05) is 16.1 Å². The summed E-state index contributed by atoms with van der Waals surface area (Å²) in [5.74, 6) is 0.444. The van der Waals surface area contributed by atoms with Crippen LogP contribution in [0.15, 0.2) is 65.1 Å². The Morgan fingerprint density at radius 3 is 2.57 bits per heavy atom. The Morgan fingerprint density at radius 1 is 1.03 bits per heavy atom. The summed E-state index contributed by atoms with van der Waals surface area (Å²) < 4.78 is 21.3. The highest BCUT2D eigenvalue weighted by molar-refractivity contribution is 9.10. The molecule has 0 aliphatic heterocycles. The maximum Gasteiger partial charge on any atom is 0.231 e. The van der Waals surface area contributed by atoms with Gasteiger partial charge in [-0.2, -0.15) is 4.52 Å². The van der Waals surface area contributed by atoms with E-state index in [1.54, 1.807) is 24.3 Å². The number of benzene rings is 2. The first kappa shape index (κ1) is 20.0. The molecule has 2 aromatic carbocycles. The first-order valence-electron chi connectivity index (χ1n) is 9.21. The zero-order valence-corrected chi connectivity index (χ0v) is 17.3. The fourth-order valence-electron chi connectivity index (χ4n) is 2.82. The summed E-state index contributed by atoms with van der Waals surface area (Å²) >= 11 is 3.37. The summed E-state index contributed by atoms with van der Waals surface area (Å²) in [4.78, 5) is 12.0. The number of nitrogens with one attached hydrogen (secondary N) is 1. The number of fused-ring (bicyclic) bond motifs is 1. The van der Waals surface area contributed by atoms with Crippen molar-refractivity contribution in [2.45, 2.75) is 6.42 Å². The van der Waals surface area contributed by atoms with Crippen LogP contribution in [0.3, 0.4) is 0 Å². The second-order valence-electron chi connectivity index (χ2n) is 6.47. The molecule has 0 bridgehead atoms. The van der Waals surface area contributed by atoms with E-state index in [-0.39, 0.29) is 18.3 Å². The minimum Gasteiger partial charge on any atom is -0.475 e. The smallest absolute Gasteiger partial charge is 0.231 e. The van der Waals surface area contributed by atoms with Gasteiger partial charge < -0.3 is 10.1 Å². The van der Waals surface area contributed by atoms with Gasteiger partial charge in [0.05, 0.1) is 13.0 Å². The molecule has 152 valence electrons. The molecule has 9 heteroatoms. The van der Waals surface area contributed by atoms with Crippen molar-refractivity contribution in [3.63, 3.8) is 0 Å². The van der Waals surface area contributed by atoms with Gasteiger partial charge in [-0.1, -0.05) is 28.1 Å². The Hall–Kier alpha value is -3.33. The molecule has 0 atom stereocenters. The Kier molecular flexibility index (Phi) is 5.99. The minimum atomic E-state index is -0.327. The van der Waals surface area contributed by atoms with Gasteiger partial charge in [-0.15, -0.1) is 15.3 Å². The van der Waals surface area contributed by atoms with E-state index < -0.39 is 0 Å². The van der Waals surface area contributed by atoms with Gasteiger partial charge in [0.1, 0.15) is 12.4 Å². The van der Waals surface area contributed by atoms with Crippen LogP contribution < -0.4 is 10.1 Å². The molecule has 0 spiro atoms. The Balaban J connectivity index is 1.34. The normalized spacial score (nSPS) is 10.9. The molecule has 4 aromatic rings. The second kappa shape index (κ2) is 9.00. The molecule has 2 heterocycles. The summed E-state index contributed by atoms with van der Waals surface area (Å²) in [6.07, 6.45) is 0.305. The predicted octanol–water partition coefficient (Wildman–Crippen LogP) is 3.43. The monoisotopic (exact) mass is 469 g/mol. The highest BCUT2D eigenvalue weighted by Gasteiger charge is 2.11. The molecule has 1 N–H and O–H groups in total. The zero-order valence-electron chi connectivity index (χ0n) is 15.8. The van der Waals surface area contributed by atoms with E-state index >= 15 is 0 Å². The molecule has 4 rings (SSSR count). The topological polar surface area (TPSA) is 81.4 Å². The van der Waals surface area contributed by atoms with Gasteiger partial charge in [-0.05, 0) is 48.0 Å². The predicted molar refractivity (Wildman–Crippen MR) is 113 cm³/mol. The first-order chi connectivity index (χ1) is 14.6. The Morgan fingerprint density at radius 2 is 1.80 bits per heavy atom. The average molecular weight is 470 g/mol. The van der Waals surface area contributed by atoms with E-state index in [9.17, 15) is 9.18 Å². The molecule has 0 aliphatic carbocycles. The average Bonchev–Trinajstić information content (AvgIpc) is 3.17. The van der Waals surface area contributed by atoms with Crippen molar-refractivity contribution in [2.24, 2.45) is 0 Å². The second-order valence-corrected chi connectivity index (χ2v) is 7.39. The third kappa shape index (κ3) is 4.80. The SMILES string of the molecule is O=C(Cc1ccc(Br)cc1)NCCOc1ccc2nnc(-c3ccc(F)cc3)n2n1. The highest BCUT2D eigenvalue weighted by Crippen LogP contribution is 2.19. The van der Waals surface area contributed by atoms with Crippen molar-refractivity contribution in [3.8, 4) is 17.3 Å². The number of ether oxygens (including phenoxy) is 1. The summed E-state index contributed by atoms with van der Waals surface area (Å²) in [5.41, 5.74) is 2.17. The molecule has 0 unspecified atom stereocenters.